The van der Waals surface area contributed by atoms with Crippen LogP contribution in [0.2, 0.25) is 0 Å². The van der Waals surface area contributed by atoms with Gasteiger partial charge in [0.15, 0.2) is 6.04 Å². The fourth-order valence-corrected chi connectivity index (χ4v) is 2.30. The molecule has 0 radical (unpaired) electrons. The van der Waals surface area contributed by atoms with E-state index in [-0.39, 0.29) is 11.5 Å². The highest BCUT2D eigenvalue weighted by atomic mass is 32.1. The number of carboxylic acid groups (broad SMARTS) is 1. The smallest absolute Gasteiger partial charge is 0.328 e. The number of carboxylic acids is 1. The van der Waals surface area contributed by atoms with Crippen LogP contribution < -0.4 is 27.4 Å². The molecule has 0 aliphatic heterocycles. The number of carbonyl (C=O) groups excluding carboxylic acids is 4. The summed E-state index contributed by atoms with van der Waals surface area (Å²) >= 11 is 7.77. The van der Waals surface area contributed by atoms with Crippen molar-refractivity contribution >= 4 is 54.9 Å². The van der Waals surface area contributed by atoms with Gasteiger partial charge in [0.1, 0.15) is 12.1 Å². The van der Waals surface area contributed by atoms with Crippen molar-refractivity contribution in [3.8, 4) is 0 Å². The van der Waals surface area contributed by atoms with Crippen molar-refractivity contribution in [3.63, 3.8) is 0 Å². The molecule has 12 nitrogen and oxygen atoms in total. The maximum absolute atomic E-state index is 12.4. The number of hydrogen-bond acceptors (Lipinski definition) is 9. The number of aliphatic hydroxyl groups is 1. The van der Waals surface area contributed by atoms with Gasteiger partial charge in [-0.2, -0.15) is 25.3 Å². The first kappa shape index (κ1) is 26.0. The molecule has 0 aliphatic rings. The molecular formula is C14H25N5O7S2. The zero-order valence-corrected chi connectivity index (χ0v) is 16.8. The summed E-state index contributed by atoms with van der Waals surface area (Å²) in [4.78, 5) is 58.7. The molecule has 0 saturated heterocycles. The van der Waals surface area contributed by atoms with Crippen LogP contribution in [-0.2, 0) is 24.0 Å². The molecular weight excluding hydrogens is 414 g/mol. The van der Waals surface area contributed by atoms with Gasteiger partial charge in [-0.3, -0.25) is 19.2 Å². The summed E-state index contributed by atoms with van der Waals surface area (Å²) < 4.78 is 0. The Labute approximate surface area is 172 Å². The second kappa shape index (κ2) is 12.4. The van der Waals surface area contributed by atoms with Crippen molar-refractivity contribution in [2.24, 2.45) is 11.5 Å². The van der Waals surface area contributed by atoms with E-state index in [9.17, 15) is 29.1 Å². The average molecular weight is 440 g/mol. The van der Waals surface area contributed by atoms with Crippen LogP contribution in [0.1, 0.15) is 13.3 Å². The third-order valence-electron chi connectivity index (χ3n) is 3.43. The molecule has 0 aromatic heterocycles. The second-order valence-electron chi connectivity index (χ2n) is 5.83. The summed E-state index contributed by atoms with van der Waals surface area (Å²) in [6.45, 7) is 1.16. The van der Waals surface area contributed by atoms with Crippen LogP contribution in [0.3, 0.4) is 0 Å². The van der Waals surface area contributed by atoms with Crippen molar-refractivity contribution < 1.29 is 34.2 Å². The standard InChI is InChI=1S/C14H25N5O7S2/c1-5(20)10(14(25)26)19-13(24)8(4-28)18-12(23)7(2-9(16)21)17-11(22)6(15)3-27/h5-8,10,20,27-28H,2-4,15H2,1H3,(H2,16,21)(H,17,22)(H,18,23)(H,19,24)(H,25,26). The Bertz CT molecular complexity index is 605. The molecule has 160 valence electrons. The first-order valence-electron chi connectivity index (χ1n) is 8.02. The summed E-state index contributed by atoms with van der Waals surface area (Å²) in [7, 11) is 0. The highest BCUT2D eigenvalue weighted by Crippen LogP contribution is 2.00. The quantitative estimate of drug-likeness (QED) is 0.136. The minimum absolute atomic E-state index is 0.0195. The molecule has 0 bridgehead atoms. The fraction of sp³-hybridized carbons (Fsp3) is 0.643. The van der Waals surface area contributed by atoms with Gasteiger partial charge in [0, 0.05) is 11.5 Å². The SMILES string of the molecule is CC(O)C(NC(=O)C(CS)NC(=O)C(CC(N)=O)NC(=O)C(N)CS)C(=O)O. The molecule has 0 saturated carbocycles. The molecule has 0 aromatic carbocycles. The largest absolute Gasteiger partial charge is 0.480 e. The number of hydrogen-bond donors (Lipinski definition) is 9. The van der Waals surface area contributed by atoms with Crippen LogP contribution in [0.15, 0.2) is 0 Å². The number of aliphatic hydroxyl groups excluding tert-OH is 1. The van der Waals surface area contributed by atoms with Crippen molar-refractivity contribution in [3.05, 3.63) is 0 Å². The molecule has 28 heavy (non-hydrogen) atoms. The van der Waals surface area contributed by atoms with Gasteiger partial charge in [0.25, 0.3) is 0 Å². The summed E-state index contributed by atoms with van der Waals surface area (Å²) in [5.74, 6) is -5.27. The lowest BCUT2D eigenvalue weighted by Gasteiger charge is -2.24. The van der Waals surface area contributed by atoms with Crippen LogP contribution in [0.25, 0.3) is 0 Å². The fourth-order valence-electron chi connectivity index (χ4n) is 1.88. The number of nitrogens with one attached hydrogen (secondary N) is 3. The Morgan fingerprint density at radius 2 is 1.43 bits per heavy atom. The van der Waals surface area contributed by atoms with E-state index in [1.165, 1.54) is 0 Å². The van der Waals surface area contributed by atoms with Crippen molar-refractivity contribution in [2.45, 2.75) is 43.6 Å². The number of amides is 4. The lowest BCUT2D eigenvalue weighted by Crippen LogP contribution is -2.59. The molecule has 0 rings (SSSR count). The maximum Gasteiger partial charge on any atom is 0.328 e. The van der Waals surface area contributed by atoms with Crippen LogP contribution in [-0.4, -0.2) is 81.6 Å². The highest BCUT2D eigenvalue weighted by molar-refractivity contribution is 7.80. The summed E-state index contributed by atoms with van der Waals surface area (Å²) in [6.07, 6.45) is -1.97. The zero-order valence-electron chi connectivity index (χ0n) is 15.0. The van der Waals surface area contributed by atoms with E-state index in [1.807, 2.05) is 0 Å². The van der Waals surface area contributed by atoms with E-state index in [0.717, 1.165) is 6.92 Å². The Hall–Kier alpha value is -2.03. The Morgan fingerprint density at radius 1 is 0.929 bits per heavy atom. The number of nitrogens with two attached hydrogens (primary N) is 2. The molecule has 0 aliphatic carbocycles. The molecule has 5 atom stereocenters. The van der Waals surface area contributed by atoms with Crippen molar-refractivity contribution in [2.75, 3.05) is 11.5 Å². The van der Waals surface area contributed by atoms with Gasteiger partial charge < -0.3 is 37.6 Å². The number of carbonyl (C=O) groups is 5. The Balaban J connectivity index is 5.21. The third-order valence-corrected chi connectivity index (χ3v) is 4.19. The second-order valence-corrected chi connectivity index (χ2v) is 6.56. The number of primary amides is 1. The van der Waals surface area contributed by atoms with Gasteiger partial charge in [-0.1, -0.05) is 0 Å². The van der Waals surface area contributed by atoms with Crippen LogP contribution in [0, 0.1) is 0 Å². The average Bonchev–Trinajstić information content (AvgIpc) is 2.61. The highest BCUT2D eigenvalue weighted by Gasteiger charge is 2.31. The predicted octanol–water partition coefficient (Wildman–Crippen LogP) is -4.03. The number of rotatable bonds is 12. The van der Waals surface area contributed by atoms with Gasteiger partial charge in [-0.05, 0) is 6.92 Å². The van der Waals surface area contributed by atoms with Gasteiger partial charge in [0.2, 0.25) is 23.6 Å². The van der Waals surface area contributed by atoms with E-state index in [4.69, 9.17) is 16.6 Å². The normalized spacial score (nSPS) is 16.0. The number of thiol groups is 2. The lowest BCUT2D eigenvalue weighted by molar-refractivity contribution is -0.145. The minimum Gasteiger partial charge on any atom is -0.480 e. The van der Waals surface area contributed by atoms with E-state index in [1.54, 1.807) is 0 Å². The summed E-state index contributed by atoms with van der Waals surface area (Å²) in [5, 5.41) is 24.9. The molecule has 14 heteroatoms. The summed E-state index contributed by atoms with van der Waals surface area (Å²) in [6, 6.07) is -5.39. The molecule has 0 fully saturated rings. The van der Waals surface area contributed by atoms with Gasteiger partial charge in [0.05, 0.1) is 18.6 Å². The molecule has 5 unspecified atom stereocenters. The zero-order chi connectivity index (χ0) is 22.0. The lowest BCUT2D eigenvalue weighted by atomic mass is 10.1. The van der Waals surface area contributed by atoms with Gasteiger partial charge >= 0.3 is 5.97 Å². The van der Waals surface area contributed by atoms with E-state index < -0.39 is 66.3 Å². The van der Waals surface area contributed by atoms with Crippen molar-refractivity contribution in [1.82, 2.24) is 16.0 Å². The van der Waals surface area contributed by atoms with E-state index >= 15 is 0 Å². The minimum atomic E-state index is -1.61. The molecule has 0 heterocycles. The molecule has 4 amide bonds. The van der Waals surface area contributed by atoms with E-state index in [0.29, 0.717) is 0 Å². The van der Waals surface area contributed by atoms with Gasteiger partial charge in [-0.25, -0.2) is 4.79 Å². The van der Waals surface area contributed by atoms with Gasteiger partial charge in [-0.15, -0.1) is 0 Å². The van der Waals surface area contributed by atoms with Crippen molar-refractivity contribution in [1.29, 1.82) is 0 Å². The third kappa shape index (κ3) is 8.77. The monoisotopic (exact) mass is 439 g/mol. The topological polar surface area (TPSA) is 214 Å². The predicted molar refractivity (Wildman–Crippen MR) is 105 cm³/mol. The van der Waals surface area contributed by atoms with Crippen LogP contribution in [0.4, 0.5) is 0 Å². The molecule has 9 N–H and O–H groups in total. The Kier molecular flexibility index (Phi) is 11.5. The number of aliphatic carboxylic acids is 1. The molecule has 0 spiro atoms. The first-order chi connectivity index (χ1) is 12.9. The van der Waals surface area contributed by atoms with Crippen LogP contribution >= 0.6 is 25.3 Å². The summed E-state index contributed by atoms with van der Waals surface area (Å²) in [5.41, 5.74) is 10.6. The first-order valence-corrected chi connectivity index (χ1v) is 9.28. The van der Waals surface area contributed by atoms with E-state index in [2.05, 4.69) is 41.2 Å². The maximum atomic E-state index is 12.4. The molecule has 0 aromatic rings. The van der Waals surface area contributed by atoms with Crippen LogP contribution in [0.5, 0.6) is 0 Å². The Morgan fingerprint density at radius 3 is 1.82 bits per heavy atom.